The number of ether oxygens (including phenoxy) is 1. The molecule has 1 aromatic carbocycles. The van der Waals surface area contributed by atoms with Gasteiger partial charge in [0.25, 0.3) is 0 Å². The number of anilines is 1. The number of carbonyl (C=O) groups excluding carboxylic acids is 2. The Bertz CT molecular complexity index is 421. The molecule has 17 heavy (non-hydrogen) atoms. The van der Waals surface area contributed by atoms with Crippen LogP contribution in [-0.4, -0.2) is 18.5 Å². The number of hydrogen-bond donors (Lipinski definition) is 1. The van der Waals surface area contributed by atoms with Gasteiger partial charge in [0.15, 0.2) is 0 Å². The maximum atomic E-state index is 11.4. The predicted molar refractivity (Wildman–Crippen MR) is 65.6 cm³/mol. The molecular weight excluding hydrogens is 218 g/mol. The molecule has 0 atom stereocenters. The van der Waals surface area contributed by atoms with Crippen LogP contribution in [0.3, 0.4) is 0 Å². The van der Waals surface area contributed by atoms with E-state index >= 15 is 0 Å². The Balaban J connectivity index is 2.49. The second kappa shape index (κ2) is 6.48. The number of aryl methyl sites for hydroxylation is 1. The van der Waals surface area contributed by atoms with Gasteiger partial charge in [-0.3, -0.25) is 4.79 Å². The molecule has 0 aliphatic rings. The van der Waals surface area contributed by atoms with E-state index < -0.39 is 5.97 Å². The second-order valence-corrected chi connectivity index (χ2v) is 3.44. The van der Waals surface area contributed by atoms with Crippen molar-refractivity contribution >= 4 is 17.6 Å². The average Bonchev–Trinajstić information content (AvgIpc) is 2.30. The van der Waals surface area contributed by atoms with E-state index in [0.717, 1.165) is 17.7 Å². The van der Waals surface area contributed by atoms with Crippen LogP contribution in [0.2, 0.25) is 0 Å². The molecule has 4 nitrogen and oxygen atoms in total. The monoisotopic (exact) mass is 233 g/mol. The lowest BCUT2D eigenvalue weighted by Gasteiger charge is -2.01. The molecule has 0 aliphatic carbocycles. The number of benzene rings is 1. The van der Waals surface area contributed by atoms with Crippen molar-refractivity contribution in [3.8, 4) is 0 Å². The Morgan fingerprint density at radius 3 is 2.47 bits per heavy atom. The van der Waals surface area contributed by atoms with Crippen LogP contribution >= 0.6 is 0 Å². The minimum absolute atomic E-state index is 0.294. The SMILES string of the molecule is CCOC(=O)/C=C\C(=O)Nc1ccc(C)cc1. The highest BCUT2D eigenvalue weighted by atomic mass is 16.5. The van der Waals surface area contributed by atoms with Crippen LogP contribution < -0.4 is 5.32 Å². The standard InChI is InChI=1S/C13H15NO3/c1-3-17-13(16)9-8-12(15)14-11-6-4-10(2)5-7-11/h4-9H,3H2,1-2H3,(H,14,15)/b9-8-. The van der Waals surface area contributed by atoms with Gasteiger partial charge in [-0.1, -0.05) is 17.7 Å². The molecule has 0 aromatic heterocycles. The number of rotatable bonds is 4. The fourth-order valence-corrected chi connectivity index (χ4v) is 1.15. The zero-order chi connectivity index (χ0) is 12.7. The Morgan fingerprint density at radius 1 is 1.24 bits per heavy atom. The van der Waals surface area contributed by atoms with Crippen molar-refractivity contribution in [1.29, 1.82) is 0 Å². The van der Waals surface area contributed by atoms with E-state index in [-0.39, 0.29) is 5.91 Å². The molecule has 0 fully saturated rings. The van der Waals surface area contributed by atoms with Crippen LogP contribution in [0, 0.1) is 6.92 Å². The van der Waals surface area contributed by atoms with Gasteiger partial charge in [0.2, 0.25) is 5.91 Å². The van der Waals surface area contributed by atoms with E-state index in [0.29, 0.717) is 12.3 Å². The molecule has 0 unspecified atom stereocenters. The summed E-state index contributed by atoms with van der Waals surface area (Å²) in [4.78, 5) is 22.4. The van der Waals surface area contributed by atoms with Crippen LogP contribution in [0.25, 0.3) is 0 Å². The van der Waals surface area contributed by atoms with Crippen LogP contribution in [0.4, 0.5) is 5.69 Å². The van der Waals surface area contributed by atoms with Gasteiger partial charge in [-0.25, -0.2) is 4.79 Å². The second-order valence-electron chi connectivity index (χ2n) is 3.44. The molecule has 1 rings (SSSR count). The van der Waals surface area contributed by atoms with Crippen molar-refractivity contribution in [3.63, 3.8) is 0 Å². The normalized spacial score (nSPS) is 10.2. The zero-order valence-corrected chi connectivity index (χ0v) is 9.90. The molecule has 0 radical (unpaired) electrons. The summed E-state index contributed by atoms with van der Waals surface area (Å²) in [7, 11) is 0. The van der Waals surface area contributed by atoms with Crippen LogP contribution in [0.15, 0.2) is 36.4 Å². The minimum atomic E-state index is -0.522. The molecule has 0 saturated heterocycles. The predicted octanol–water partition coefficient (Wildman–Crippen LogP) is 2.05. The van der Waals surface area contributed by atoms with Gasteiger partial charge in [0.1, 0.15) is 0 Å². The lowest BCUT2D eigenvalue weighted by molar-refractivity contribution is -0.137. The van der Waals surface area contributed by atoms with E-state index in [9.17, 15) is 9.59 Å². The van der Waals surface area contributed by atoms with E-state index in [1.165, 1.54) is 0 Å². The first-order valence-electron chi connectivity index (χ1n) is 5.34. The summed E-state index contributed by atoms with van der Waals surface area (Å²) in [6.07, 6.45) is 2.25. The first-order valence-corrected chi connectivity index (χ1v) is 5.34. The molecule has 4 heteroatoms. The highest BCUT2D eigenvalue weighted by molar-refractivity contribution is 6.02. The largest absolute Gasteiger partial charge is 0.463 e. The number of carbonyl (C=O) groups is 2. The third-order valence-electron chi connectivity index (χ3n) is 1.98. The molecule has 0 bridgehead atoms. The topological polar surface area (TPSA) is 55.4 Å². The van der Waals surface area contributed by atoms with Gasteiger partial charge < -0.3 is 10.1 Å². The van der Waals surface area contributed by atoms with Gasteiger partial charge in [0.05, 0.1) is 6.61 Å². The lowest BCUT2D eigenvalue weighted by Crippen LogP contribution is -2.09. The summed E-state index contributed by atoms with van der Waals surface area (Å²) in [6, 6.07) is 7.38. The quantitative estimate of drug-likeness (QED) is 0.639. The van der Waals surface area contributed by atoms with Crippen LogP contribution in [0.1, 0.15) is 12.5 Å². The summed E-state index contributed by atoms with van der Waals surface area (Å²) in [5, 5.41) is 2.63. The van der Waals surface area contributed by atoms with E-state index in [1.54, 1.807) is 19.1 Å². The molecule has 1 aromatic rings. The minimum Gasteiger partial charge on any atom is -0.463 e. The molecule has 0 saturated carbocycles. The van der Waals surface area contributed by atoms with E-state index in [4.69, 9.17) is 0 Å². The van der Waals surface area contributed by atoms with Crippen molar-refractivity contribution in [1.82, 2.24) is 0 Å². The molecule has 0 aliphatic heterocycles. The van der Waals surface area contributed by atoms with Gasteiger partial charge in [-0.05, 0) is 26.0 Å². The fraction of sp³-hybridized carbons (Fsp3) is 0.231. The first-order chi connectivity index (χ1) is 8.11. The first kappa shape index (κ1) is 13.0. The molecule has 0 spiro atoms. The van der Waals surface area contributed by atoms with Gasteiger partial charge in [-0.15, -0.1) is 0 Å². The number of nitrogens with one attached hydrogen (secondary N) is 1. The number of hydrogen-bond acceptors (Lipinski definition) is 3. The van der Waals surface area contributed by atoms with Crippen molar-refractivity contribution in [3.05, 3.63) is 42.0 Å². The fourth-order valence-electron chi connectivity index (χ4n) is 1.15. The summed E-state index contributed by atoms with van der Waals surface area (Å²) in [5.41, 5.74) is 1.80. The molecule has 90 valence electrons. The third kappa shape index (κ3) is 4.97. The highest BCUT2D eigenvalue weighted by Gasteiger charge is 1.99. The molecule has 0 heterocycles. The lowest BCUT2D eigenvalue weighted by atomic mass is 10.2. The van der Waals surface area contributed by atoms with Gasteiger partial charge in [0, 0.05) is 17.8 Å². The van der Waals surface area contributed by atoms with Crippen molar-refractivity contribution < 1.29 is 14.3 Å². The molecule has 1 amide bonds. The maximum Gasteiger partial charge on any atom is 0.330 e. The van der Waals surface area contributed by atoms with Crippen LogP contribution in [0.5, 0.6) is 0 Å². The average molecular weight is 233 g/mol. The summed E-state index contributed by atoms with van der Waals surface area (Å²) in [6.45, 7) is 3.97. The molecular formula is C13H15NO3. The van der Waals surface area contributed by atoms with Gasteiger partial charge >= 0.3 is 5.97 Å². The Labute approximate surface area is 100 Å². The van der Waals surface area contributed by atoms with Crippen molar-refractivity contribution in [2.45, 2.75) is 13.8 Å². The Hall–Kier alpha value is -2.10. The van der Waals surface area contributed by atoms with E-state index in [2.05, 4.69) is 10.1 Å². The van der Waals surface area contributed by atoms with Crippen molar-refractivity contribution in [2.75, 3.05) is 11.9 Å². The summed E-state index contributed by atoms with van der Waals surface area (Å²) in [5.74, 6) is -0.881. The van der Waals surface area contributed by atoms with Crippen molar-refractivity contribution in [2.24, 2.45) is 0 Å². The number of amides is 1. The van der Waals surface area contributed by atoms with Gasteiger partial charge in [-0.2, -0.15) is 0 Å². The van der Waals surface area contributed by atoms with Crippen LogP contribution in [-0.2, 0) is 14.3 Å². The third-order valence-corrected chi connectivity index (χ3v) is 1.98. The Morgan fingerprint density at radius 2 is 1.88 bits per heavy atom. The summed E-state index contributed by atoms with van der Waals surface area (Å²) < 4.78 is 4.65. The smallest absolute Gasteiger partial charge is 0.330 e. The maximum absolute atomic E-state index is 11.4. The number of esters is 1. The highest BCUT2D eigenvalue weighted by Crippen LogP contribution is 2.08. The van der Waals surface area contributed by atoms with E-state index in [1.807, 2.05) is 19.1 Å². The zero-order valence-electron chi connectivity index (χ0n) is 9.90. The summed E-state index contributed by atoms with van der Waals surface area (Å²) >= 11 is 0. The molecule has 1 N–H and O–H groups in total. The Kier molecular flexibility index (Phi) is 4.94.